The standard InChI is InChI=1S/C11H24N2O2/c1-8(2)10(7-13(4)5)12-9(3)11(14)15-6/h8-10,12H,7H2,1-6H3. The summed E-state index contributed by atoms with van der Waals surface area (Å²) < 4.78 is 4.68. The van der Waals surface area contributed by atoms with Crippen LogP contribution < -0.4 is 5.32 Å². The molecule has 0 rings (SSSR count). The van der Waals surface area contributed by atoms with Gasteiger partial charge in [-0.15, -0.1) is 0 Å². The van der Waals surface area contributed by atoms with E-state index in [1.807, 2.05) is 21.0 Å². The Morgan fingerprint density at radius 3 is 2.20 bits per heavy atom. The highest BCUT2D eigenvalue weighted by molar-refractivity contribution is 5.75. The summed E-state index contributed by atoms with van der Waals surface area (Å²) in [5.41, 5.74) is 0. The van der Waals surface area contributed by atoms with Gasteiger partial charge in [-0.3, -0.25) is 4.79 Å². The van der Waals surface area contributed by atoms with Crippen LogP contribution in [0.3, 0.4) is 0 Å². The number of rotatable bonds is 6. The molecular weight excluding hydrogens is 192 g/mol. The van der Waals surface area contributed by atoms with E-state index in [-0.39, 0.29) is 12.0 Å². The highest BCUT2D eigenvalue weighted by atomic mass is 16.5. The van der Waals surface area contributed by atoms with E-state index in [0.29, 0.717) is 12.0 Å². The maximum atomic E-state index is 11.3. The first kappa shape index (κ1) is 14.4. The van der Waals surface area contributed by atoms with Crippen LogP contribution in [-0.4, -0.2) is 50.7 Å². The Kier molecular flexibility index (Phi) is 6.52. The number of carbonyl (C=O) groups is 1. The number of hydrogen-bond donors (Lipinski definition) is 1. The summed E-state index contributed by atoms with van der Waals surface area (Å²) in [5.74, 6) is 0.277. The van der Waals surface area contributed by atoms with Crippen molar-refractivity contribution in [1.82, 2.24) is 10.2 Å². The average molecular weight is 216 g/mol. The van der Waals surface area contributed by atoms with Gasteiger partial charge >= 0.3 is 5.97 Å². The summed E-state index contributed by atoms with van der Waals surface area (Å²) in [6, 6.07) is 0.0523. The van der Waals surface area contributed by atoms with Gasteiger partial charge in [0.1, 0.15) is 6.04 Å². The number of nitrogens with one attached hydrogen (secondary N) is 1. The molecular formula is C11H24N2O2. The zero-order valence-electron chi connectivity index (χ0n) is 10.7. The lowest BCUT2D eigenvalue weighted by atomic mass is 10.0. The molecule has 1 N–H and O–H groups in total. The maximum Gasteiger partial charge on any atom is 0.322 e. The van der Waals surface area contributed by atoms with Crippen LogP contribution in [0.4, 0.5) is 0 Å². The normalized spacial score (nSPS) is 15.5. The van der Waals surface area contributed by atoms with E-state index < -0.39 is 0 Å². The predicted molar refractivity (Wildman–Crippen MR) is 61.8 cm³/mol. The second-order valence-electron chi connectivity index (χ2n) is 4.52. The van der Waals surface area contributed by atoms with Gasteiger partial charge in [0.25, 0.3) is 0 Å². The number of hydrogen-bond acceptors (Lipinski definition) is 4. The monoisotopic (exact) mass is 216 g/mol. The molecule has 0 amide bonds. The predicted octanol–water partition coefficient (Wildman–Crippen LogP) is 0.724. The summed E-state index contributed by atoms with van der Waals surface area (Å²) in [5, 5.41) is 3.28. The Labute approximate surface area is 93.0 Å². The Morgan fingerprint density at radius 1 is 1.33 bits per heavy atom. The molecule has 0 saturated carbocycles. The lowest BCUT2D eigenvalue weighted by molar-refractivity contribution is -0.143. The molecule has 0 spiro atoms. The summed E-state index contributed by atoms with van der Waals surface area (Å²) in [4.78, 5) is 13.4. The molecule has 2 atom stereocenters. The van der Waals surface area contributed by atoms with Crippen LogP contribution in [-0.2, 0) is 9.53 Å². The van der Waals surface area contributed by atoms with Gasteiger partial charge in [-0.1, -0.05) is 13.8 Å². The topological polar surface area (TPSA) is 41.6 Å². The van der Waals surface area contributed by atoms with Crippen molar-refractivity contribution in [3.8, 4) is 0 Å². The van der Waals surface area contributed by atoms with E-state index in [1.165, 1.54) is 7.11 Å². The van der Waals surface area contributed by atoms with Crippen LogP contribution in [0.1, 0.15) is 20.8 Å². The molecule has 0 aromatic heterocycles. The van der Waals surface area contributed by atoms with Crippen molar-refractivity contribution in [2.45, 2.75) is 32.9 Å². The average Bonchev–Trinajstić information content (AvgIpc) is 2.14. The largest absolute Gasteiger partial charge is 0.468 e. The zero-order chi connectivity index (χ0) is 12.0. The fourth-order valence-electron chi connectivity index (χ4n) is 1.42. The summed E-state index contributed by atoms with van der Waals surface area (Å²) in [7, 11) is 5.47. The molecule has 0 fully saturated rings. The molecule has 90 valence electrons. The van der Waals surface area contributed by atoms with Crippen LogP contribution in [0.2, 0.25) is 0 Å². The Balaban J connectivity index is 4.22. The molecule has 0 aliphatic heterocycles. The molecule has 15 heavy (non-hydrogen) atoms. The van der Waals surface area contributed by atoms with Gasteiger partial charge in [0, 0.05) is 12.6 Å². The second-order valence-corrected chi connectivity index (χ2v) is 4.52. The Hall–Kier alpha value is -0.610. The molecule has 0 radical (unpaired) electrons. The lowest BCUT2D eigenvalue weighted by Crippen LogP contribution is -2.48. The number of likely N-dealkylation sites (N-methyl/N-ethyl adjacent to an activating group) is 1. The van der Waals surface area contributed by atoms with Gasteiger partial charge in [-0.25, -0.2) is 0 Å². The quantitative estimate of drug-likeness (QED) is 0.664. The number of ether oxygens (including phenoxy) is 1. The van der Waals surface area contributed by atoms with E-state index in [0.717, 1.165) is 6.54 Å². The van der Waals surface area contributed by atoms with E-state index in [1.54, 1.807) is 0 Å². The van der Waals surface area contributed by atoms with Crippen LogP contribution >= 0.6 is 0 Å². The Morgan fingerprint density at radius 2 is 1.87 bits per heavy atom. The SMILES string of the molecule is COC(=O)C(C)NC(CN(C)C)C(C)C. The molecule has 4 nitrogen and oxygen atoms in total. The first-order valence-corrected chi connectivity index (χ1v) is 5.37. The van der Waals surface area contributed by atoms with Gasteiger partial charge in [0.15, 0.2) is 0 Å². The molecule has 0 aromatic rings. The molecule has 0 aliphatic rings. The van der Waals surface area contributed by atoms with Crippen LogP contribution in [0.25, 0.3) is 0 Å². The number of esters is 1. The minimum Gasteiger partial charge on any atom is -0.468 e. The van der Waals surface area contributed by atoms with E-state index in [4.69, 9.17) is 0 Å². The molecule has 4 heteroatoms. The number of nitrogens with zero attached hydrogens (tertiary/aromatic N) is 1. The first-order chi connectivity index (χ1) is 6.88. The van der Waals surface area contributed by atoms with Crippen molar-refractivity contribution in [1.29, 1.82) is 0 Å². The molecule has 0 bridgehead atoms. The highest BCUT2D eigenvalue weighted by Crippen LogP contribution is 2.04. The lowest BCUT2D eigenvalue weighted by Gasteiger charge is -2.27. The third-order valence-corrected chi connectivity index (χ3v) is 2.39. The van der Waals surface area contributed by atoms with Gasteiger partial charge in [0.05, 0.1) is 7.11 Å². The van der Waals surface area contributed by atoms with E-state index >= 15 is 0 Å². The minimum atomic E-state index is -0.248. The van der Waals surface area contributed by atoms with Crippen molar-refractivity contribution < 1.29 is 9.53 Å². The van der Waals surface area contributed by atoms with Crippen molar-refractivity contribution >= 4 is 5.97 Å². The van der Waals surface area contributed by atoms with Crippen LogP contribution in [0.15, 0.2) is 0 Å². The fourth-order valence-corrected chi connectivity index (χ4v) is 1.42. The maximum absolute atomic E-state index is 11.3. The van der Waals surface area contributed by atoms with Crippen LogP contribution in [0, 0.1) is 5.92 Å². The third-order valence-electron chi connectivity index (χ3n) is 2.39. The second kappa shape index (κ2) is 6.80. The van der Waals surface area contributed by atoms with Crippen molar-refractivity contribution in [3.63, 3.8) is 0 Å². The highest BCUT2D eigenvalue weighted by Gasteiger charge is 2.20. The molecule has 0 aliphatic carbocycles. The molecule has 0 heterocycles. The summed E-state index contributed by atoms with van der Waals surface area (Å²) in [6.45, 7) is 7.03. The van der Waals surface area contributed by atoms with E-state index in [2.05, 4.69) is 28.8 Å². The third kappa shape index (κ3) is 5.74. The smallest absolute Gasteiger partial charge is 0.322 e. The summed E-state index contributed by atoms with van der Waals surface area (Å²) >= 11 is 0. The van der Waals surface area contributed by atoms with E-state index in [9.17, 15) is 4.79 Å². The van der Waals surface area contributed by atoms with Gasteiger partial charge < -0.3 is 15.0 Å². The first-order valence-electron chi connectivity index (χ1n) is 5.37. The zero-order valence-corrected chi connectivity index (χ0v) is 10.7. The molecule has 0 saturated heterocycles. The van der Waals surface area contributed by atoms with Gasteiger partial charge in [0.2, 0.25) is 0 Å². The minimum absolute atomic E-state index is 0.209. The molecule has 2 unspecified atom stereocenters. The molecule has 0 aromatic carbocycles. The van der Waals surface area contributed by atoms with Crippen molar-refractivity contribution in [2.75, 3.05) is 27.7 Å². The summed E-state index contributed by atoms with van der Waals surface area (Å²) in [6.07, 6.45) is 0. The number of methoxy groups -OCH3 is 1. The Bertz CT molecular complexity index is 193. The fraction of sp³-hybridized carbons (Fsp3) is 0.909. The van der Waals surface area contributed by atoms with Gasteiger partial charge in [-0.2, -0.15) is 0 Å². The number of carbonyl (C=O) groups excluding carboxylic acids is 1. The van der Waals surface area contributed by atoms with Crippen LogP contribution in [0.5, 0.6) is 0 Å². The van der Waals surface area contributed by atoms with Crippen molar-refractivity contribution in [3.05, 3.63) is 0 Å². The van der Waals surface area contributed by atoms with Gasteiger partial charge in [-0.05, 0) is 26.9 Å². The van der Waals surface area contributed by atoms with Crippen molar-refractivity contribution in [2.24, 2.45) is 5.92 Å².